The van der Waals surface area contributed by atoms with Crippen LogP contribution in [0.5, 0.6) is 0 Å². The second kappa shape index (κ2) is 9.44. The van der Waals surface area contributed by atoms with E-state index in [9.17, 15) is 5.11 Å². The van der Waals surface area contributed by atoms with Crippen molar-refractivity contribution in [3.8, 4) is 0 Å². The first kappa shape index (κ1) is 23.2. The maximum absolute atomic E-state index is 9.69. The fraction of sp³-hybridized carbons (Fsp3) is 0.607. The molecule has 0 bridgehead atoms. The Morgan fingerprint density at radius 1 is 1.00 bits per heavy atom. The van der Waals surface area contributed by atoms with Crippen LogP contribution in [0.4, 0.5) is 23.1 Å². The monoisotopic (exact) mass is 502 g/mol. The number of nitrogens with one attached hydrogen (secondary N) is 2. The molecule has 2 aromatic heterocycles. The predicted molar refractivity (Wildman–Crippen MR) is 147 cm³/mol. The van der Waals surface area contributed by atoms with Crippen molar-refractivity contribution < 1.29 is 5.11 Å². The SMILES string of the molecule is OCCC1CCCCN1c1nc(Nc2ccc(N3CC4(CNC4)C3)cc2)c2ncn(C3CCCC3)c2n1. The number of nitrogens with zero attached hydrogens (tertiary/aromatic N) is 6. The van der Waals surface area contributed by atoms with Gasteiger partial charge in [-0.25, -0.2) is 4.98 Å². The summed E-state index contributed by atoms with van der Waals surface area (Å²) < 4.78 is 2.28. The van der Waals surface area contributed by atoms with E-state index in [1.807, 2.05) is 6.33 Å². The Kier molecular flexibility index (Phi) is 5.92. The average molecular weight is 503 g/mol. The lowest BCUT2D eigenvalue weighted by molar-refractivity contribution is 0.121. The third-order valence-corrected chi connectivity index (χ3v) is 9.02. The van der Waals surface area contributed by atoms with Crippen molar-refractivity contribution in [1.82, 2.24) is 24.8 Å². The Morgan fingerprint density at radius 3 is 2.51 bits per heavy atom. The van der Waals surface area contributed by atoms with Gasteiger partial charge in [0.1, 0.15) is 0 Å². The molecule has 1 aromatic carbocycles. The van der Waals surface area contributed by atoms with Gasteiger partial charge < -0.3 is 30.1 Å². The molecule has 3 aliphatic heterocycles. The number of hydrogen-bond acceptors (Lipinski definition) is 8. The van der Waals surface area contributed by atoms with Crippen LogP contribution in [0, 0.1) is 5.41 Å². The minimum Gasteiger partial charge on any atom is -0.396 e. The summed E-state index contributed by atoms with van der Waals surface area (Å²) in [6.07, 6.45) is 11.0. The molecule has 4 fully saturated rings. The number of imidazole rings is 1. The standard InChI is InChI=1S/C28H38N8O/c37-14-12-23-7-3-4-13-35(23)27-32-25(24-26(33-27)36(19-30-24)22-5-1-2-6-22)31-20-8-10-21(11-9-20)34-17-28(18-34)15-29-16-28/h8-11,19,22-23,29,37H,1-7,12-18H2,(H,31,32,33). The lowest BCUT2D eigenvalue weighted by Gasteiger charge is -2.57. The molecule has 4 aliphatic rings. The second-order valence-electron chi connectivity index (χ2n) is 11.6. The molecule has 1 atom stereocenters. The van der Waals surface area contributed by atoms with Crippen LogP contribution in [-0.4, -0.2) is 70.0 Å². The van der Waals surface area contributed by atoms with Crippen LogP contribution in [0.15, 0.2) is 30.6 Å². The van der Waals surface area contributed by atoms with Crippen LogP contribution in [0.2, 0.25) is 0 Å². The van der Waals surface area contributed by atoms with Gasteiger partial charge in [-0.15, -0.1) is 0 Å². The summed E-state index contributed by atoms with van der Waals surface area (Å²) in [5.74, 6) is 1.52. The van der Waals surface area contributed by atoms with Crippen molar-refractivity contribution in [1.29, 1.82) is 0 Å². The van der Waals surface area contributed by atoms with Gasteiger partial charge in [-0.05, 0) is 62.8 Å². The predicted octanol–water partition coefficient (Wildman–Crippen LogP) is 3.84. The zero-order valence-corrected chi connectivity index (χ0v) is 21.6. The van der Waals surface area contributed by atoms with Crippen molar-refractivity contribution in [2.45, 2.75) is 63.5 Å². The van der Waals surface area contributed by atoms with Gasteiger partial charge >= 0.3 is 0 Å². The number of rotatable bonds is 7. The third kappa shape index (κ3) is 4.22. The van der Waals surface area contributed by atoms with E-state index < -0.39 is 0 Å². The molecule has 196 valence electrons. The van der Waals surface area contributed by atoms with Crippen molar-refractivity contribution >= 4 is 34.3 Å². The Labute approximate surface area is 218 Å². The highest BCUT2D eigenvalue weighted by atomic mass is 16.3. The minimum atomic E-state index is 0.190. The second-order valence-corrected chi connectivity index (χ2v) is 11.6. The summed E-state index contributed by atoms with van der Waals surface area (Å²) in [5, 5.41) is 16.7. The summed E-state index contributed by atoms with van der Waals surface area (Å²) in [5.41, 5.74) is 4.56. The van der Waals surface area contributed by atoms with Crippen LogP contribution in [0.25, 0.3) is 11.2 Å². The largest absolute Gasteiger partial charge is 0.396 e. The molecule has 9 nitrogen and oxygen atoms in total. The summed E-state index contributed by atoms with van der Waals surface area (Å²) in [4.78, 5) is 19.7. The molecule has 37 heavy (non-hydrogen) atoms. The molecule has 1 unspecified atom stereocenters. The molecular weight excluding hydrogens is 464 g/mol. The van der Waals surface area contributed by atoms with E-state index >= 15 is 0 Å². The molecule has 1 aliphatic carbocycles. The highest BCUT2D eigenvalue weighted by Gasteiger charge is 2.47. The third-order valence-electron chi connectivity index (χ3n) is 9.02. The van der Waals surface area contributed by atoms with Crippen LogP contribution < -0.4 is 20.4 Å². The molecular formula is C28H38N8O. The van der Waals surface area contributed by atoms with Crippen molar-refractivity contribution in [3.63, 3.8) is 0 Å². The highest BCUT2D eigenvalue weighted by Crippen LogP contribution is 2.38. The fourth-order valence-corrected chi connectivity index (χ4v) is 6.82. The number of aliphatic hydroxyl groups is 1. The van der Waals surface area contributed by atoms with Gasteiger partial charge in [-0.1, -0.05) is 12.8 Å². The van der Waals surface area contributed by atoms with Gasteiger partial charge in [0, 0.05) is 68.2 Å². The van der Waals surface area contributed by atoms with E-state index in [1.54, 1.807) is 0 Å². The van der Waals surface area contributed by atoms with Crippen LogP contribution >= 0.6 is 0 Å². The Hall–Kier alpha value is -2.91. The Balaban J connectivity index is 1.20. The van der Waals surface area contributed by atoms with Crippen molar-refractivity contribution in [2.24, 2.45) is 5.41 Å². The number of benzene rings is 1. The number of aromatic nitrogens is 4. The molecule has 5 heterocycles. The van der Waals surface area contributed by atoms with Crippen molar-refractivity contribution in [2.75, 3.05) is 54.4 Å². The maximum Gasteiger partial charge on any atom is 0.229 e. The number of fused-ring (bicyclic) bond motifs is 1. The quantitative estimate of drug-likeness (QED) is 0.449. The first-order valence-corrected chi connectivity index (χ1v) is 14.2. The minimum absolute atomic E-state index is 0.190. The maximum atomic E-state index is 9.69. The van der Waals surface area contributed by atoms with E-state index in [-0.39, 0.29) is 12.6 Å². The van der Waals surface area contributed by atoms with Crippen LogP contribution in [0.3, 0.4) is 0 Å². The van der Waals surface area contributed by atoms with Gasteiger partial charge in [-0.2, -0.15) is 9.97 Å². The number of anilines is 4. The van der Waals surface area contributed by atoms with Crippen molar-refractivity contribution in [3.05, 3.63) is 30.6 Å². The Morgan fingerprint density at radius 2 is 1.78 bits per heavy atom. The van der Waals surface area contributed by atoms with E-state index in [4.69, 9.17) is 15.0 Å². The average Bonchev–Trinajstić information content (AvgIpc) is 3.54. The highest BCUT2D eigenvalue weighted by molar-refractivity contribution is 5.87. The first-order valence-electron chi connectivity index (χ1n) is 14.2. The van der Waals surface area contributed by atoms with Gasteiger partial charge in [0.15, 0.2) is 17.0 Å². The summed E-state index contributed by atoms with van der Waals surface area (Å²) in [6, 6.07) is 9.45. The molecule has 0 amide bonds. The lowest BCUT2D eigenvalue weighted by atomic mass is 9.74. The topological polar surface area (TPSA) is 94.4 Å². The van der Waals surface area contributed by atoms with Crippen LogP contribution in [0.1, 0.15) is 57.4 Å². The molecule has 3 N–H and O–H groups in total. The van der Waals surface area contributed by atoms with Crippen LogP contribution in [-0.2, 0) is 0 Å². The molecule has 3 saturated heterocycles. The molecule has 0 radical (unpaired) electrons. The zero-order chi connectivity index (χ0) is 24.8. The van der Waals surface area contributed by atoms with Gasteiger partial charge in [-0.3, -0.25) is 0 Å². The zero-order valence-electron chi connectivity index (χ0n) is 21.6. The number of aliphatic hydroxyl groups excluding tert-OH is 1. The van der Waals surface area contributed by atoms with Gasteiger partial charge in [0.05, 0.1) is 6.33 Å². The molecule has 3 aromatic rings. The number of hydrogen-bond donors (Lipinski definition) is 3. The fourth-order valence-electron chi connectivity index (χ4n) is 6.82. The van der Waals surface area contributed by atoms with E-state index in [0.717, 1.165) is 80.6 Å². The van der Waals surface area contributed by atoms with E-state index in [2.05, 4.69) is 49.3 Å². The molecule has 7 rings (SSSR count). The van der Waals surface area contributed by atoms with E-state index in [1.165, 1.54) is 37.8 Å². The molecule has 1 saturated carbocycles. The van der Waals surface area contributed by atoms with Gasteiger partial charge in [0.2, 0.25) is 5.95 Å². The van der Waals surface area contributed by atoms with Gasteiger partial charge in [0.25, 0.3) is 0 Å². The summed E-state index contributed by atoms with van der Waals surface area (Å²) >= 11 is 0. The lowest BCUT2D eigenvalue weighted by Crippen LogP contribution is -2.71. The Bertz CT molecular complexity index is 1240. The molecule has 1 spiro atoms. The summed E-state index contributed by atoms with van der Waals surface area (Å²) in [6.45, 7) is 5.71. The number of piperidine rings is 1. The van der Waals surface area contributed by atoms with E-state index in [0.29, 0.717) is 11.5 Å². The first-order chi connectivity index (χ1) is 18.2. The summed E-state index contributed by atoms with van der Waals surface area (Å²) in [7, 11) is 0. The molecule has 9 heteroatoms. The normalized spacial score (nSPS) is 23.4. The smallest absolute Gasteiger partial charge is 0.229 e.